The first-order valence-corrected chi connectivity index (χ1v) is 11.1. The molecule has 1 atom stereocenters. The van der Waals surface area contributed by atoms with Crippen LogP contribution in [0.5, 0.6) is 0 Å². The molecule has 9 heteroatoms. The van der Waals surface area contributed by atoms with Crippen LogP contribution in [0.25, 0.3) is 11.0 Å². The predicted octanol–water partition coefficient (Wildman–Crippen LogP) is 1.19. The lowest BCUT2D eigenvalue weighted by Gasteiger charge is -2.38. The highest BCUT2D eigenvalue weighted by Crippen LogP contribution is 2.30. The third-order valence-corrected chi connectivity index (χ3v) is 6.92. The first-order valence-electron chi connectivity index (χ1n) is 11.1. The van der Waals surface area contributed by atoms with Crippen molar-refractivity contribution < 1.29 is 9.59 Å². The summed E-state index contributed by atoms with van der Waals surface area (Å²) in [6.07, 6.45) is 9.33. The molecule has 2 saturated heterocycles. The summed E-state index contributed by atoms with van der Waals surface area (Å²) in [7, 11) is 1.87. The number of nitrogens with zero attached hydrogens (tertiary/aromatic N) is 7. The number of carbonyl (C=O) groups is 2. The van der Waals surface area contributed by atoms with Crippen molar-refractivity contribution >= 4 is 28.7 Å². The molecule has 3 fully saturated rings. The molecule has 2 amide bonds. The van der Waals surface area contributed by atoms with Gasteiger partial charge in [0.1, 0.15) is 18.2 Å². The molecule has 2 aliphatic heterocycles. The first-order chi connectivity index (χ1) is 14.6. The summed E-state index contributed by atoms with van der Waals surface area (Å²) in [5, 5.41) is 5.22. The number of hydrogen-bond acceptors (Lipinski definition) is 6. The maximum atomic E-state index is 13.3. The Kier molecular flexibility index (Phi) is 5.04. The maximum Gasteiger partial charge on any atom is 0.245 e. The van der Waals surface area contributed by atoms with Crippen LogP contribution in [0, 0.1) is 5.92 Å². The molecule has 1 unspecified atom stereocenters. The van der Waals surface area contributed by atoms with E-state index in [2.05, 4.69) is 20.0 Å². The van der Waals surface area contributed by atoms with Gasteiger partial charge in [-0.2, -0.15) is 5.10 Å². The second kappa shape index (κ2) is 7.85. The van der Waals surface area contributed by atoms with Gasteiger partial charge in [0.15, 0.2) is 5.65 Å². The molecule has 0 aromatic carbocycles. The maximum absolute atomic E-state index is 13.3. The SMILES string of the molecule is Cn1ncc2c(N3CCN(C(=O)C4CCCN4C(=O)C4CCCC4)CC3)ncnc21. The van der Waals surface area contributed by atoms with Gasteiger partial charge < -0.3 is 14.7 Å². The highest BCUT2D eigenvalue weighted by atomic mass is 16.2. The van der Waals surface area contributed by atoms with Crippen LogP contribution in [0.1, 0.15) is 38.5 Å². The number of fused-ring (bicyclic) bond motifs is 1. The summed E-state index contributed by atoms with van der Waals surface area (Å²) in [5.74, 6) is 1.34. The summed E-state index contributed by atoms with van der Waals surface area (Å²) in [6, 6.07) is -0.270. The summed E-state index contributed by atoms with van der Waals surface area (Å²) in [5.41, 5.74) is 0.811. The minimum absolute atomic E-state index is 0.118. The van der Waals surface area contributed by atoms with Crippen molar-refractivity contribution in [3.05, 3.63) is 12.5 Å². The zero-order valence-corrected chi connectivity index (χ0v) is 17.5. The van der Waals surface area contributed by atoms with Crippen molar-refractivity contribution in [2.45, 2.75) is 44.6 Å². The Morgan fingerprint density at radius 1 is 0.933 bits per heavy atom. The Morgan fingerprint density at radius 3 is 2.47 bits per heavy atom. The van der Waals surface area contributed by atoms with Crippen LogP contribution < -0.4 is 4.90 Å². The van der Waals surface area contributed by atoms with Crippen molar-refractivity contribution in [3.63, 3.8) is 0 Å². The number of likely N-dealkylation sites (tertiary alicyclic amines) is 1. The molecule has 0 spiro atoms. The zero-order chi connectivity index (χ0) is 20.7. The molecule has 5 rings (SSSR count). The topological polar surface area (TPSA) is 87.5 Å². The number of carbonyl (C=O) groups excluding carboxylic acids is 2. The van der Waals surface area contributed by atoms with Gasteiger partial charge in [0.25, 0.3) is 0 Å². The summed E-state index contributed by atoms with van der Waals surface area (Å²) in [6.45, 7) is 3.46. The number of aryl methyl sites for hydroxylation is 1. The molecule has 4 heterocycles. The van der Waals surface area contributed by atoms with Gasteiger partial charge in [0.2, 0.25) is 11.8 Å². The van der Waals surface area contributed by atoms with E-state index in [-0.39, 0.29) is 23.8 Å². The number of hydrogen-bond donors (Lipinski definition) is 0. The lowest BCUT2D eigenvalue weighted by molar-refractivity contribution is -0.146. The molecule has 0 radical (unpaired) electrons. The van der Waals surface area contributed by atoms with Crippen LogP contribution >= 0.6 is 0 Å². The van der Waals surface area contributed by atoms with Gasteiger partial charge in [0.05, 0.1) is 11.6 Å². The standard InChI is InChI=1S/C21H29N7O2/c1-25-18-16(13-24-25)19(23-14-22-18)26-9-11-27(12-10-26)21(30)17-7-4-8-28(17)20(29)15-5-2-3-6-15/h13-15,17H,2-12H2,1H3. The Bertz CT molecular complexity index is 944. The number of anilines is 1. The molecule has 9 nitrogen and oxygen atoms in total. The Labute approximate surface area is 176 Å². The molecule has 1 saturated carbocycles. The van der Waals surface area contributed by atoms with Gasteiger partial charge in [-0.15, -0.1) is 0 Å². The summed E-state index contributed by atoms with van der Waals surface area (Å²) < 4.78 is 1.75. The summed E-state index contributed by atoms with van der Waals surface area (Å²) in [4.78, 5) is 41.0. The third kappa shape index (κ3) is 3.30. The van der Waals surface area contributed by atoms with Gasteiger partial charge in [-0.25, -0.2) is 9.97 Å². The second-order valence-electron chi connectivity index (χ2n) is 8.69. The molecule has 2 aromatic rings. The minimum atomic E-state index is -0.270. The van der Waals surface area contributed by atoms with Crippen molar-refractivity contribution in [3.8, 4) is 0 Å². The quantitative estimate of drug-likeness (QED) is 0.754. The van der Waals surface area contributed by atoms with E-state index in [1.54, 1.807) is 17.2 Å². The fourth-order valence-corrected chi connectivity index (χ4v) is 5.25. The van der Waals surface area contributed by atoms with Crippen LogP contribution in [0.15, 0.2) is 12.5 Å². The molecule has 2 aromatic heterocycles. The molecule has 160 valence electrons. The third-order valence-electron chi connectivity index (χ3n) is 6.92. The normalized spacial score (nSPS) is 23.0. The van der Waals surface area contributed by atoms with Crippen LogP contribution in [-0.2, 0) is 16.6 Å². The van der Waals surface area contributed by atoms with Gasteiger partial charge in [-0.05, 0) is 25.7 Å². The minimum Gasteiger partial charge on any atom is -0.352 e. The average Bonchev–Trinajstić information content (AvgIpc) is 3.54. The lowest BCUT2D eigenvalue weighted by Crippen LogP contribution is -2.55. The van der Waals surface area contributed by atoms with E-state index < -0.39 is 0 Å². The van der Waals surface area contributed by atoms with Crippen LogP contribution in [-0.4, -0.2) is 80.1 Å². The molecular formula is C21H29N7O2. The second-order valence-corrected chi connectivity index (χ2v) is 8.69. The van der Waals surface area contributed by atoms with E-state index in [1.165, 1.54) is 0 Å². The van der Waals surface area contributed by atoms with Gasteiger partial charge in [-0.3, -0.25) is 14.3 Å². The molecule has 30 heavy (non-hydrogen) atoms. The zero-order valence-electron chi connectivity index (χ0n) is 17.5. The number of amides is 2. The largest absolute Gasteiger partial charge is 0.352 e. The summed E-state index contributed by atoms with van der Waals surface area (Å²) >= 11 is 0. The lowest BCUT2D eigenvalue weighted by atomic mass is 10.1. The van der Waals surface area contributed by atoms with Crippen molar-refractivity contribution in [1.82, 2.24) is 29.5 Å². The average molecular weight is 412 g/mol. The van der Waals surface area contributed by atoms with Crippen molar-refractivity contribution in [2.75, 3.05) is 37.6 Å². The van der Waals surface area contributed by atoms with E-state index in [9.17, 15) is 9.59 Å². The predicted molar refractivity (Wildman–Crippen MR) is 112 cm³/mol. The molecule has 3 aliphatic rings. The van der Waals surface area contributed by atoms with Crippen LogP contribution in [0.2, 0.25) is 0 Å². The van der Waals surface area contributed by atoms with Crippen molar-refractivity contribution in [1.29, 1.82) is 0 Å². The Morgan fingerprint density at radius 2 is 1.70 bits per heavy atom. The first kappa shape index (κ1) is 19.3. The monoisotopic (exact) mass is 411 g/mol. The molecule has 0 bridgehead atoms. The van der Waals surface area contributed by atoms with E-state index in [0.29, 0.717) is 13.1 Å². The van der Waals surface area contributed by atoms with Crippen LogP contribution in [0.3, 0.4) is 0 Å². The Balaban J connectivity index is 1.25. The number of aromatic nitrogens is 4. The van der Waals surface area contributed by atoms with E-state index in [4.69, 9.17) is 0 Å². The molecule has 0 N–H and O–H groups in total. The smallest absolute Gasteiger partial charge is 0.245 e. The van der Waals surface area contributed by atoms with E-state index in [0.717, 1.165) is 75.0 Å². The van der Waals surface area contributed by atoms with E-state index >= 15 is 0 Å². The molecule has 1 aliphatic carbocycles. The highest BCUT2D eigenvalue weighted by molar-refractivity contribution is 5.90. The van der Waals surface area contributed by atoms with Gasteiger partial charge >= 0.3 is 0 Å². The Hall–Kier alpha value is -2.71. The number of piperazine rings is 1. The van der Waals surface area contributed by atoms with Crippen molar-refractivity contribution in [2.24, 2.45) is 13.0 Å². The fraction of sp³-hybridized carbons (Fsp3) is 0.667. The van der Waals surface area contributed by atoms with Gasteiger partial charge in [-0.1, -0.05) is 12.8 Å². The van der Waals surface area contributed by atoms with E-state index in [1.807, 2.05) is 16.8 Å². The highest BCUT2D eigenvalue weighted by Gasteiger charge is 2.40. The number of rotatable bonds is 3. The fourth-order valence-electron chi connectivity index (χ4n) is 5.25. The molecular weight excluding hydrogens is 382 g/mol. The van der Waals surface area contributed by atoms with Gasteiger partial charge in [0, 0.05) is 45.7 Å². The van der Waals surface area contributed by atoms with Crippen LogP contribution in [0.4, 0.5) is 5.82 Å².